The molecule has 0 spiro atoms. The molecule has 0 amide bonds. The summed E-state index contributed by atoms with van der Waals surface area (Å²) in [5.41, 5.74) is 3.06. The van der Waals surface area contributed by atoms with Gasteiger partial charge in [0.15, 0.2) is 0 Å². The standard InChI is InChI=1S/C10H19NO/c1-12-11-10-6-4-9(5-7-10)8-2-3-8/h8-11H,2-7H2,1H3/t9-,10-. The lowest BCUT2D eigenvalue weighted by atomic mass is 9.83. The number of hydrogen-bond acceptors (Lipinski definition) is 2. The fraction of sp³-hybridized carbons (Fsp3) is 1.00. The van der Waals surface area contributed by atoms with E-state index in [-0.39, 0.29) is 0 Å². The second-order valence-corrected chi connectivity index (χ2v) is 4.27. The molecule has 1 N–H and O–H groups in total. The van der Waals surface area contributed by atoms with Crippen molar-refractivity contribution in [3.63, 3.8) is 0 Å². The molecule has 2 nitrogen and oxygen atoms in total. The van der Waals surface area contributed by atoms with E-state index in [0.717, 1.165) is 11.8 Å². The summed E-state index contributed by atoms with van der Waals surface area (Å²) in [4.78, 5) is 4.94. The van der Waals surface area contributed by atoms with Gasteiger partial charge in [0.05, 0.1) is 7.11 Å². The van der Waals surface area contributed by atoms with E-state index in [1.54, 1.807) is 7.11 Å². The van der Waals surface area contributed by atoms with Gasteiger partial charge in [-0.1, -0.05) is 0 Å². The van der Waals surface area contributed by atoms with Crippen LogP contribution in [0.3, 0.4) is 0 Å². The van der Waals surface area contributed by atoms with Crippen molar-refractivity contribution in [1.82, 2.24) is 5.48 Å². The van der Waals surface area contributed by atoms with Crippen LogP contribution in [0.5, 0.6) is 0 Å². The van der Waals surface area contributed by atoms with Gasteiger partial charge in [0.2, 0.25) is 0 Å². The van der Waals surface area contributed by atoms with E-state index in [1.807, 2.05) is 0 Å². The quantitative estimate of drug-likeness (QED) is 0.653. The third-order valence-electron chi connectivity index (χ3n) is 3.35. The topological polar surface area (TPSA) is 21.3 Å². The molecule has 12 heavy (non-hydrogen) atoms. The maximum atomic E-state index is 4.94. The largest absolute Gasteiger partial charge is 0.305 e. The van der Waals surface area contributed by atoms with Gasteiger partial charge in [0, 0.05) is 6.04 Å². The minimum absolute atomic E-state index is 0.630. The first-order valence-electron chi connectivity index (χ1n) is 5.18. The fourth-order valence-electron chi connectivity index (χ4n) is 2.44. The second-order valence-electron chi connectivity index (χ2n) is 4.27. The Morgan fingerprint density at radius 2 is 1.42 bits per heavy atom. The minimum atomic E-state index is 0.630. The third kappa shape index (κ3) is 1.99. The first-order chi connectivity index (χ1) is 5.90. The maximum Gasteiger partial charge on any atom is 0.0572 e. The van der Waals surface area contributed by atoms with E-state index < -0.39 is 0 Å². The van der Waals surface area contributed by atoms with Crippen molar-refractivity contribution in [1.29, 1.82) is 0 Å². The van der Waals surface area contributed by atoms with Crippen molar-refractivity contribution in [3.05, 3.63) is 0 Å². The van der Waals surface area contributed by atoms with Crippen LogP contribution < -0.4 is 5.48 Å². The van der Waals surface area contributed by atoms with E-state index in [4.69, 9.17) is 4.84 Å². The van der Waals surface area contributed by atoms with Gasteiger partial charge in [-0.05, 0) is 50.4 Å². The maximum absolute atomic E-state index is 4.94. The van der Waals surface area contributed by atoms with Crippen molar-refractivity contribution >= 4 is 0 Å². The van der Waals surface area contributed by atoms with Crippen LogP contribution in [0, 0.1) is 11.8 Å². The fourth-order valence-corrected chi connectivity index (χ4v) is 2.44. The lowest BCUT2D eigenvalue weighted by Gasteiger charge is -2.28. The molecule has 2 heteroatoms. The summed E-state index contributed by atoms with van der Waals surface area (Å²) in [6.07, 6.45) is 8.49. The molecule has 2 saturated carbocycles. The van der Waals surface area contributed by atoms with Gasteiger partial charge in [0.1, 0.15) is 0 Å². The Hall–Kier alpha value is -0.0800. The Kier molecular flexibility index (Phi) is 2.66. The highest BCUT2D eigenvalue weighted by molar-refractivity contribution is 4.86. The summed E-state index contributed by atoms with van der Waals surface area (Å²) in [5.74, 6) is 2.16. The zero-order valence-electron chi connectivity index (χ0n) is 7.88. The lowest BCUT2D eigenvalue weighted by molar-refractivity contribution is 0.0419. The predicted molar refractivity (Wildman–Crippen MR) is 48.6 cm³/mol. The van der Waals surface area contributed by atoms with Crippen molar-refractivity contribution in [2.45, 2.75) is 44.6 Å². The Bertz CT molecular complexity index is 137. The van der Waals surface area contributed by atoms with E-state index >= 15 is 0 Å². The summed E-state index contributed by atoms with van der Waals surface area (Å²) in [5, 5.41) is 0. The first-order valence-corrected chi connectivity index (χ1v) is 5.18. The van der Waals surface area contributed by atoms with E-state index in [9.17, 15) is 0 Å². The van der Waals surface area contributed by atoms with Gasteiger partial charge in [0.25, 0.3) is 0 Å². The molecule has 0 heterocycles. The number of hydrogen-bond donors (Lipinski definition) is 1. The molecule has 0 aromatic carbocycles. The van der Waals surface area contributed by atoms with Crippen LogP contribution in [0.25, 0.3) is 0 Å². The highest BCUT2D eigenvalue weighted by Crippen LogP contribution is 2.43. The molecule has 2 rings (SSSR count). The predicted octanol–water partition coefficient (Wildman–Crippen LogP) is 2.11. The summed E-state index contributed by atoms with van der Waals surface area (Å²) in [6, 6.07) is 0.630. The number of rotatable bonds is 3. The van der Waals surface area contributed by atoms with E-state index in [1.165, 1.54) is 38.5 Å². The van der Waals surface area contributed by atoms with Gasteiger partial charge >= 0.3 is 0 Å². The number of hydroxylamine groups is 1. The molecule has 70 valence electrons. The Balaban J connectivity index is 1.69. The average molecular weight is 169 g/mol. The highest BCUT2D eigenvalue weighted by atomic mass is 16.6. The summed E-state index contributed by atoms with van der Waals surface area (Å²) in [6.45, 7) is 0. The van der Waals surface area contributed by atoms with Gasteiger partial charge in [-0.2, -0.15) is 5.48 Å². The van der Waals surface area contributed by atoms with Crippen molar-refractivity contribution in [3.8, 4) is 0 Å². The van der Waals surface area contributed by atoms with Crippen LogP contribution in [0.2, 0.25) is 0 Å². The van der Waals surface area contributed by atoms with Crippen LogP contribution in [0.1, 0.15) is 38.5 Å². The molecule has 2 aliphatic rings. The SMILES string of the molecule is CON[C@H]1CC[C@H](C2CC2)CC1. The zero-order valence-corrected chi connectivity index (χ0v) is 7.88. The number of nitrogens with one attached hydrogen (secondary N) is 1. The lowest BCUT2D eigenvalue weighted by Crippen LogP contribution is -2.32. The summed E-state index contributed by atoms with van der Waals surface area (Å²) < 4.78 is 0. The molecule has 0 unspecified atom stereocenters. The van der Waals surface area contributed by atoms with Crippen LogP contribution in [0.4, 0.5) is 0 Å². The molecular weight excluding hydrogens is 150 g/mol. The smallest absolute Gasteiger partial charge is 0.0572 e. The van der Waals surface area contributed by atoms with E-state index in [0.29, 0.717) is 6.04 Å². The van der Waals surface area contributed by atoms with E-state index in [2.05, 4.69) is 5.48 Å². The summed E-state index contributed by atoms with van der Waals surface area (Å²) in [7, 11) is 1.72. The average Bonchev–Trinajstić information content (AvgIpc) is 2.89. The Morgan fingerprint density at radius 1 is 0.917 bits per heavy atom. The van der Waals surface area contributed by atoms with Crippen LogP contribution in [0.15, 0.2) is 0 Å². The molecular formula is C10H19NO. The Morgan fingerprint density at radius 3 is 1.83 bits per heavy atom. The van der Waals surface area contributed by atoms with Crippen molar-refractivity contribution < 1.29 is 4.84 Å². The molecule has 2 fully saturated rings. The third-order valence-corrected chi connectivity index (χ3v) is 3.35. The van der Waals surface area contributed by atoms with Crippen LogP contribution in [-0.2, 0) is 4.84 Å². The molecule has 0 aromatic rings. The molecule has 0 bridgehead atoms. The molecule has 0 aliphatic heterocycles. The molecule has 0 atom stereocenters. The monoisotopic (exact) mass is 169 g/mol. The normalized spacial score (nSPS) is 36.8. The van der Waals surface area contributed by atoms with Crippen LogP contribution >= 0.6 is 0 Å². The first kappa shape index (κ1) is 8.52. The molecule has 0 saturated heterocycles. The minimum Gasteiger partial charge on any atom is -0.305 e. The second kappa shape index (κ2) is 3.75. The van der Waals surface area contributed by atoms with Crippen LogP contribution in [-0.4, -0.2) is 13.2 Å². The van der Waals surface area contributed by atoms with Gasteiger partial charge in [-0.3, -0.25) is 0 Å². The van der Waals surface area contributed by atoms with Gasteiger partial charge in [-0.15, -0.1) is 0 Å². The molecule has 0 radical (unpaired) electrons. The molecule has 0 aromatic heterocycles. The van der Waals surface area contributed by atoms with Crippen molar-refractivity contribution in [2.75, 3.05) is 7.11 Å². The Labute approximate surface area is 74.6 Å². The zero-order chi connectivity index (χ0) is 8.39. The van der Waals surface area contributed by atoms with Gasteiger partial charge in [-0.25, -0.2) is 0 Å². The highest BCUT2D eigenvalue weighted by Gasteiger charge is 2.33. The van der Waals surface area contributed by atoms with Gasteiger partial charge < -0.3 is 4.84 Å². The summed E-state index contributed by atoms with van der Waals surface area (Å²) >= 11 is 0. The molecule has 2 aliphatic carbocycles. The van der Waals surface area contributed by atoms with Crippen molar-refractivity contribution in [2.24, 2.45) is 11.8 Å².